The van der Waals surface area contributed by atoms with Crippen LogP contribution in [0.5, 0.6) is 0 Å². The van der Waals surface area contributed by atoms with Gasteiger partial charge in [-0.1, -0.05) is 52.7 Å². The highest BCUT2D eigenvalue weighted by atomic mass is 79.9. The Labute approximate surface area is 136 Å². The summed E-state index contributed by atoms with van der Waals surface area (Å²) in [7, 11) is 0. The molecule has 0 saturated heterocycles. The molecule has 3 aromatic rings. The van der Waals surface area contributed by atoms with Crippen LogP contribution in [-0.2, 0) is 0 Å². The fourth-order valence-electron chi connectivity index (χ4n) is 2.46. The van der Waals surface area contributed by atoms with Crippen LogP contribution in [0.3, 0.4) is 0 Å². The van der Waals surface area contributed by atoms with E-state index < -0.39 is 0 Å². The van der Waals surface area contributed by atoms with Crippen molar-refractivity contribution in [1.29, 1.82) is 0 Å². The molecule has 0 bridgehead atoms. The van der Waals surface area contributed by atoms with Crippen LogP contribution in [0.15, 0.2) is 34.8 Å². The summed E-state index contributed by atoms with van der Waals surface area (Å²) in [4.78, 5) is 0. The van der Waals surface area contributed by atoms with Crippen molar-refractivity contribution in [3.63, 3.8) is 0 Å². The van der Waals surface area contributed by atoms with E-state index in [1.54, 1.807) is 0 Å². The van der Waals surface area contributed by atoms with Gasteiger partial charge in [-0.3, -0.25) is 0 Å². The summed E-state index contributed by atoms with van der Waals surface area (Å²) in [6.07, 6.45) is 5.45. The van der Waals surface area contributed by atoms with Gasteiger partial charge < -0.3 is 0 Å². The van der Waals surface area contributed by atoms with Crippen molar-refractivity contribution in [1.82, 2.24) is 0 Å². The second-order valence-electron chi connectivity index (χ2n) is 4.83. The van der Waals surface area contributed by atoms with Crippen molar-refractivity contribution in [3.8, 4) is 0 Å². The standard InChI is InChI=1S/C17H14BrClS/c1-3-4-5-12-10(2)17-14(9-15(12)18)13-7-6-11(19)8-16(13)20-17/h4-9H,3H2,1-2H3/b5-4-. The molecule has 1 aromatic heterocycles. The van der Waals surface area contributed by atoms with Gasteiger partial charge in [-0.05, 0) is 42.7 Å². The molecule has 0 nitrogen and oxygen atoms in total. The zero-order chi connectivity index (χ0) is 14.3. The summed E-state index contributed by atoms with van der Waals surface area (Å²) in [5.74, 6) is 0. The van der Waals surface area contributed by atoms with Crippen LogP contribution in [-0.4, -0.2) is 0 Å². The molecular formula is C17H14BrClS. The van der Waals surface area contributed by atoms with Crippen molar-refractivity contribution in [2.75, 3.05) is 0 Å². The van der Waals surface area contributed by atoms with Gasteiger partial charge in [-0.25, -0.2) is 0 Å². The highest BCUT2D eigenvalue weighted by molar-refractivity contribution is 9.10. The normalized spacial score (nSPS) is 12.0. The Hall–Kier alpha value is -0.830. The molecule has 1 heterocycles. The number of fused-ring (bicyclic) bond motifs is 3. The minimum atomic E-state index is 0.798. The number of allylic oxidation sites excluding steroid dienone is 1. The van der Waals surface area contributed by atoms with Gasteiger partial charge in [0.2, 0.25) is 0 Å². The van der Waals surface area contributed by atoms with Gasteiger partial charge >= 0.3 is 0 Å². The molecule has 102 valence electrons. The van der Waals surface area contributed by atoms with Gasteiger partial charge in [0.15, 0.2) is 0 Å². The third kappa shape index (κ3) is 2.30. The van der Waals surface area contributed by atoms with Crippen molar-refractivity contribution in [3.05, 3.63) is 51.0 Å². The Morgan fingerprint density at radius 1 is 1.25 bits per heavy atom. The summed E-state index contributed by atoms with van der Waals surface area (Å²) in [6, 6.07) is 8.36. The van der Waals surface area contributed by atoms with E-state index in [-0.39, 0.29) is 0 Å². The molecule has 0 saturated carbocycles. The first-order valence-corrected chi connectivity index (χ1v) is 8.58. The molecule has 3 rings (SSSR count). The van der Waals surface area contributed by atoms with Crippen LogP contribution in [0, 0.1) is 6.92 Å². The summed E-state index contributed by atoms with van der Waals surface area (Å²) in [5, 5.41) is 3.38. The number of halogens is 2. The maximum Gasteiger partial charge on any atom is 0.0420 e. The van der Waals surface area contributed by atoms with E-state index in [9.17, 15) is 0 Å². The Morgan fingerprint density at radius 2 is 2.05 bits per heavy atom. The average molecular weight is 366 g/mol. The van der Waals surface area contributed by atoms with Crippen LogP contribution in [0.25, 0.3) is 26.2 Å². The molecule has 2 aromatic carbocycles. The number of hydrogen-bond donors (Lipinski definition) is 0. The Balaban J connectivity index is 2.38. The fraction of sp³-hybridized carbons (Fsp3) is 0.176. The predicted octanol–water partition coefficient (Wildman–Crippen LogP) is 7.20. The third-order valence-electron chi connectivity index (χ3n) is 3.48. The lowest BCUT2D eigenvalue weighted by molar-refractivity contribution is 1.23. The van der Waals surface area contributed by atoms with E-state index in [0.717, 1.165) is 15.9 Å². The van der Waals surface area contributed by atoms with E-state index in [0.29, 0.717) is 0 Å². The summed E-state index contributed by atoms with van der Waals surface area (Å²) in [6.45, 7) is 4.35. The van der Waals surface area contributed by atoms with E-state index >= 15 is 0 Å². The molecule has 0 spiro atoms. The molecule has 0 amide bonds. The lowest BCUT2D eigenvalue weighted by atomic mass is 10.0. The SMILES string of the molecule is CC/C=C\c1c(Br)cc2c(sc3cc(Cl)ccc32)c1C. The van der Waals surface area contributed by atoms with Crippen LogP contribution in [0.1, 0.15) is 24.5 Å². The third-order valence-corrected chi connectivity index (χ3v) is 5.66. The number of benzene rings is 2. The molecule has 0 unspecified atom stereocenters. The van der Waals surface area contributed by atoms with E-state index in [2.05, 4.69) is 60.1 Å². The zero-order valence-electron chi connectivity index (χ0n) is 11.3. The van der Waals surface area contributed by atoms with Gasteiger partial charge in [0.25, 0.3) is 0 Å². The zero-order valence-corrected chi connectivity index (χ0v) is 14.5. The van der Waals surface area contributed by atoms with Crippen molar-refractivity contribution in [2.45, 2.75) is 20.3 Å². The number of rotatable bonds is 2. The van der Waals surface area contributed by atoms with Crippen LogP contribution in [0.2, 0.25) is 5.02 Å². The largest absolute Gasteiger partial charge is 0.135 e. The predicted molar refractivity (Wildman–Crippen MR) is 96.1 cm³/mol. The number of thiophene rings is 1. The number of aryl methyl sites for hydroxylation is 1. The molecule has 3 heteroatoms. The van der Waals surface area contributed by atoms with Crippen LogP contribution >= 0.6 is 38.9 Å². The van der Waals surface area contributed by atoms with Gasteiger partial charge in [-0.15, -0.1) is 11.3 Å². The van der Waals surface area contributed by atoms with Crippen molar-refractivity contribution >= 4 is 65.1 Å². The van der Waals surface area contributed by atoms with Gasteiger partial charge in [0.1, 0.15) is 0 Å². The second kappa shape index (κ2) is 5.51. The fourth-order valence-corrected chi connectivity index (χ4v) is 4.59. The first kappa shape index (κ1) is 14.1. The molecule has 0 aliphatic carbocycles. The van der Waals surface area contributed by atoms with Crippen LogP contribution < -0.4 is 0 Å². The molecule has 0 radical (unpaired) electrons. The Morgan fingerprint density at radius 3 is 2.80 bits per heavy atom. The monoisotopic (exact) mass is 364 g/mol. The molecule has 0 atom stereocenters. The van der Waals surface area contributed by atoms with Crippen molar-refractivity contribution < 1.29 is 0 Å². The quantitative estimate of drug-likeness (QED) is 0.450. The smallest absolute Gasteiger partial charge is 0.0420 e. The topological polar surface area (TPSA) is 0 Å². The van der Waals surface area contributed by atoms with E-state index in [4.69, 9.17) is 11.6 Å². The van der Waals surface area contributed by atoms with Gasteiger partial charge in [0.05, 0.1) is 0 Å². The average Bonchev–Trinajstić information content (AvgIpc) is 2.76. The molecule has 20 heavy (non-hydrogen) atoms. The lowest BCUT2D eigenvalue weighted by Gasteiger charge is -2.06. The first-order valence-electron chi connectivity index (χ1n) is 6.59. The van der Waals surface area contributed by atoms with Crippen molar-refractivity contribution in [2.24, 2.45) is 0 Å². The maximum absolute atomic E-state index is 6.10. The Bertz CT molecular complexity index is 830. The molecule has 0 fully saturated rings. The van der Waals surface area contributed by atoms with Gasteiger partial charge in [0, 0.05) is 29.7 Å². The van der Waals surface area contributed by atoms with Gasteiger partial charge in [-0.2, -0.15) is 0 Å². The van der Waals surface area contributed by atoms with E-state index in [1.165, 1.54) is 31.3 Å². The summed E-state index contributed by atoms with van der Waals surface area (Å²) in [5.41, 5.74) is 2.61. The second-order valence-corrected chi connectivity index (χ2v) is 7.17. The highest BCUT2D eigenvalue weighted by Crippen LogP contribution is 2.40. The molecule has 0 N–H and O–H groups in total. The minimum Gasteiger partial charge on any atom is -0.135 e. The Kier molecular flexibility index (Phi) is 3.89. The molecule has 0 aliphatic heterocycles. The molecule has 0 aliphatic rings. The first-order chi connectivity index (χ1) is 9.61. The molecular weight excluding hydrogens is 352 g/mol. The minimum absolute atomic E-state index is 0.798. The maximum atomic E-state index is 6.10. The summed E-state index contributed by atoms with van der Waals surface area (Å²) < 4.78 is 3.75. The van der Waals surface area contributed by atoms with Crippen LogP contribution in [0.4, 0.5) is 0 Å². The number of hydrogen-bond acceptors (Lipinski definition) is 1. The highest BCUT2D eigenvalue weighted by Gasteiger charge is 2.12. The lowest BCUT2D eigenvalue weighted by Crippen LogP contribution is -1.83. The van der Waals surface area contributed by atoms with E-state index in [1.807, 2.05) is 17.4 Å². The summed E-state index contributed by atoms with van der Waals surface area (Å²) >= 11 is 11.6.